The lowest BCUT2D eigenvalue weighted by Crippen LogP contribution is -2.44. The van der Waals surface area contributed by atoms with Crippen molar-refractivity contribution in [2.45, 2.75) is 40.5 Å². The summed E-state index contributed by atoms with van der Waals surface area (Å²) in [7, 11) is 0. The molecule has 1 saturated heterocycles. The van der Waals surface area contributed by atoms with Crippen molar-refractivity contribution in [3.8, 4) is 0 Å². The Kier molecular flexibility index (Phi) is 7.39. The van der Waals surface area contributed by atoms with E-state index in [2.05, 4.69) is 27.7 Å². The molecule has 2 rings (SSSR count). The Morgan fingerprint density at radius 2 is 1.56 bits per heavy atom. The van der Waals surface area contributed by atoms with Crippen molar-refractivity contribution < 1.29 is 14.4 Å². The van der Waals surface area contributed by atoms with Crippen molar-refractivity contribution >= 4 is 23.5 Å². The number of hydrogen-bond donors (Lipinski definition) is 0. The van der Waals surface area contributed by atoms with E-state index < -0.39 is 6.03 Å². The molecule has 4 amide bonds. The number of para-hydroxylation sites is 1. The predicted molar refractivity (Wildman–Crippen MR) is 106 cm³/mol. The summed E-state index contributed by atoms with van der Waals surface area (Å²) in [5.74, 6) is 0.490. The standard InChI is InChI=1S/C21H31N3O3/c1-16(2)10-12-22(13-11-17(3)4)19(25)14-24-20(26)15-23(21(24)27)18-8-6-5-7-9-18/h5-9,16-17H,10-15H2,1-4H3. The first-order chi connectivity index (χ1) is 12.8. The molecule has 0 radical (unpaired) electrons. The molecule has 1 aromatic carbocycles. The molecule has 148 valence electrons. The van der Waals surface area contributed by atoms with E-state index in [9.17, 15) is 14.4 Å². The second-order valence-electron chi connectivity index (χ2n) is 7.93. The maximum Gasteiger partial charge on any atom is 0.332 e. The Morgan fingerprint density at radius 1 is 1.00 bits per heavy atom. The molecule has 1 aliphatic rings. The summed E-state index contributed by atoms with van der Waals surface area (Å²) in [6.07, 6.45) is 1.81. The molecule has 0 N–H and O–H groups in total. The summed E-state index contributed by atoms with van der Waals surface area (Å²) in [6, 6.07) is 8.64. The van der Waals surface area contributed by atoms with E-state index in [-0.39, 0.29) is 24.9 Å². The zero-order valence-electron chi connectivity index (χ0n) is 16.9. The van der Waals surface area contributed by atoms with Crippen LogP contribution in [-0.2, 0) is 9.59 Å². The molecule has 6 heteroatoms. The highest BCUT2D eigenvalue weighted by molar-refractivity contribution is 6.13. The van der Waals surface area contributed by atoms with E-state index >= 15 is 0 Å². The quantitative estimate of drug-likeness (QED) is 0.624. The Bertz CT molecular complexity index is 646. The van der Waals surface area contributed by atoms with Gasteiger partial charge in [0.2, 0.25) is 5.91 Å². The van der Waals surface area contributed by atoms with Gasteiger partial charge in [0.25, 0.3) is 5.91 Å². The lowest BCUT2D eigenvalue weighted by Gasteiger charge is -2.26. The highest BCUT2D eigenvalue weighted by Gasteiger charge is 2.38. The molecule has 0 bridgehead atoms. The van der Waals surface area contributed by atoms with Crippen molar-refractivity contribution in [2.75, 3.05) is 31.1 Å². The van der Waals surface area contributed by atoms with Gasteiger partial charge >= 0.3 is 6.03 Å². The van der Waals surface area contributed by atoms with Gasteiger partial charge in [-0.1, -0.05) is 45.9 Å². The van der Waals surface area contributed by atoms with E-state index in [1.807, 2.05) is 18.2 Å². The van der Waals surface area contributed by atoms with Crippen molar-refractivity contribution in [3.63, 3.8) is 0 Å². The molecular formula is C21H31N3O3. The molecule has 1 aliphatic heterocycles. The van der Waals surface area contributed by atoms with Gasteiger partial charge in [-0.05, 0) is 36.8 Å². The van der Waals surface area contributed by atoms with Gasteiger partial charge in [0.1, 0.15) is 13.1 Å². The van der Waals surface area contributed by atoms with Gasteiger partial charge in [-0.15, -0.1) is 0 Å². The molecule has 0 aliphatic carbocycles. The number of carbonyl (C=O) groups is 3. The number of urea groups is 1. The predicted octanol–water partition coefficient (Wildman–Crippen LogP) is 3.38. The highest BCUT2D eigenvalue weighted by atomic mass is 16.2. The third kappa shape index (κ3) is 5.81. The molecular weight excluding hydrogens is 342 g/mol. The van der Waals surface area contributed by atoms with Crippen LogP contribution < -0.4 is 4.90 Å². The number of imide groups is 1. The number of carbonyl (C=O) groups excluding carboxylic acids is 3. The van der Waals surface area contributed by atoms with Crippen LogP contribution in [0.1, 0.15) is 40.5 Å². The van der Waals surface area contributed by atoms with Gasteiger partial charge < -0.3 is 4.90 Å². The van der Waals surface area contributed by atoms with Crippen molar-refractivity contribution in [2.24, 2.45) is 11.8 Å². The molecule has 6 nitrogen and oxygen atoms in total. The molecule has 0 atom stereocenters. The smallest absolute Gasteiger partial charge is 0.332 e. The van der Waals surface area contributed by atoms with Crippen molar-refractivity contribution in [1.82, 2.24) is 9.80 Å². The van der Waals surface area contributed by atoms with E-state index in [1.54, 1.807) is 17.0 Å². The first-order valence-corrected chi connectivity index (χ1v) is 9.74. The number of anilines is 1. The number of hydrogen-bond acceptors (Lipinski definition) is 3. The number of nitrogens with zero attached hydrogens (tertiary/aromatic N) is 3. The van der Waals surface area contributed by atoms with Gasteiger partial charge in [0.15, 0.2) is 0 Å². The fourth-order valence-electron chi connectivity index (χ4n) is 2.93. The molecule has 0 spiro atoms. The van der Waals surface area contributed by atoms with E-state index in [1.165, 1.54) is 4.90 Å². The molecule has 27 heavy (non-hydrogen) atoms. The SMILES string of the molecule is CC(C)CCN(CCC(C)C)C(=O)CN1C(=O)CN(c2ccccc2)C1=O. The summed E-state index contributed by atoms with van der Waals surface area (Å²) in [4.78, 5) is 42.1. The molecule has 0 unspecified atom stereocenters. The maximum atomic E-state index is 12.8. The second kappa shape index (κ2) is 9.53. The molecule has 0 aromatic heterocycles. The van der Waals surface area contributed by atoms with E-state index in [4.69, 9.17) is 0 Å². The van der Waals surface area contributed by atoms with Crippen LogP contribution in [0.5, 0.6) is 0 Å². The summed E-state index contributed by atoms with van der Waals surface area (Å²) in [6.45, 7) is 9.59. The Morgan fingerprint density at radius 3 is 2.07 bits per heavy atom. The third-order valence-electron chi connectivity index (χ3n) is 4.72. The molecule has 1 aromatic rings. The largest absolute Gasteiger partial charge is 0.341 e. The zero-order chi connectivity index (χ0) is 20.0. The number of benzene rings is 1. The van der Waals surface area contributed by atoms with Crippen LogP contribution >= 0.6 is 0 Å². The number of amides is 4. The first kappa shape index (κ1) is 20.9. The van der Waals surface area contributed by atoms with Crippen LogP contribution in [-0.4, -0.2) is 53.8 Å². The fraction of sp³-hybridized carbons (Fsp3) is 0.571. The second-order valence-corrected chi connectivity index (χ2v) is 7.93. The lowest BCUT2D eigenvalue weighted by atomic mass is 10.1. The van der Waals surface area contributed by atoms with Crippen LogP contribution in [0, 0.1) is 11.8 Å². The van der Waals surface area contributed by atoms with Crippen molar-refractivity contribution in [1.29, 1.82) is 0 Å². The van der Waals surface area contributed by atoms with Gasteiger partial charge in [-0.25, -0.2) is 4.79 Å². The highest BCUT2D eigenvalue weighted by Crippen LogP contribution is 2.20. The van der Waals surface area contributed by atoms with Crippen LogP contribution in [0.2, 0.25) is 0 Å². The first-order valence-electron chi connectivity index (χ1n) is 9.74. The maximum absolute atomic E-state index is 12.8. The van der Waals surface area contributed by atoms with Gasteiger partial charge in [-0.2, -0.15) is 0 Å². The summed E-state index contributed by atoms with van der Waals surface area (Å²) < 4.78 is 0. The summed E-state index contributed by atoms with van der Waals surface area (Å²) in [5.41, 5.74) is 0.669. The normalized spacial score (nSPS) is 14.6. The Labute approximate surface area is 162 Å². The van der Waals surface area contributed by atoms with Gasteiger partial charge in [0.05, 0.1) is 0 Å². The fourth-order valence-corrected chi connectivity index (χ4v) is 2.93. The van der Waals surface area contributed by atoms with Crippen molar-refractivity contribution in [3.05, 3.63) is 30.3 Å². The Balaban J connectivity index is 2.04. The lowest BCUT2D eigenvalue weighted by molar-refractivity contribution is -0.136. The minimum atomic E-state index is -0.424. The average molecular weight is 373 g/mol. The van der Waals surface area contributed by atoms with E-state index in [0.29, 0.717) is 30.6 Å². The monoisotopic (exact) mass is 373 g/mol. The molecule has 1 fully saturated rings. The minimum Gasteiger partial charge on any atom is -0.341 e. The summed E-state index contributed by atoms with van der Waals surface area (Å²) in [5, 5.41) is 0. The van der Waals surface area contributed by atoms with Crippen LogP contribution in [0.15, 0.2) is 30.3 Å². The zero-order valence-corrected chi connectivity index (χ0v) is 16.9. The molecule has 1 heterocycles. The van der Waals surface area contributed by atoms with E-state index in [0.717, 1.165) is 17.7 Å². The van der Waals surface area contributed by atoms with Gasteiger partial charge in [-0.3, -0.25) is 19.4 Å². The topological polar surface area (TPSA) is 60.9 Å². The minimum absolute atomic E-state index is 0.0197. The Hall–Kier alpha value is -2.37. The third-order valence-corrected chi connectivity index (χ3v) is 4.72. The van der Waals surface area contributed by atoms with Gasteiger partial charge in [0, 0.05) is 18.8 Å². The molecule has 0 saturated carbocycles. The summed E-state index contributed by atoms with van der Waals surface area (Å²) >= 11 is 0. The number of rotatable bonds is 9. The van der Waals surface area contributed by atoms with Crippen LogP contribution in [0.3, 0.4) is 0 Å². The van der Waals surface area contributed by atoms with Crippen LogP contribution in [0.4, 0.5) is 10.5 Å². The average Bonchev–Trinajstić information content (AvgIpc) is 2.90. The van der Waals surface area contributed by atoms with Crippen LogP contribution in [0.25, 0.3) is 0 Å².